The molecule has 5 rings (SSSR count). The normalized spacial score (nSPS) is 12.0. The van der Waals surface area contributed by atoms with Crippen LogP contribution in [-0.2, 0) is 10.8 Å². The fourth-order valence-electron chi connectivity index (χ4n) is 5.00. The van der Waals surface area contributed by atoms with Crippen LogP contribution in [-0.4, -0.2) is 4.98 Å². The molecule has 0 aliphatic carbocycles. The fraction of sp³-hybridized carbons (Fsp3) is 0.211. The molecule has 0 unspecified atom stereocenters. The van der Waals surface area contributed by atoms with Gasteiger partial charge < -0.3 is 9.88 Å². The number of rotatable bonds is 5. The van der Waals surface area contributed by atoms with Crippen LogP contribution in [0.5, 0.6) is 0 Å². The van der Waals surface area contributed by atoms with Crippen LogP contribution >= 0.6 is 0 Å². The van der Waals surface area contributed by atoms with Crippen LogP contribution in [0.4, 0.5) is 17.1 Å². The van der Waals surface area contributed by atoms with E-state index in [0.717, 1.165) is 33.6 Å². The summed E-state index contributed by atoms with van der Waals surface area (Å²) in [7, 11) is 0. The highest BCUT2D eigenvalue weighted by atomic mass is 16.1. The Hall–Kier alpha value is -4.88. The molecular weight excluding hydrogens is 514 g/mol. The van der Waals surface area contributed by atoms with Crippen LogP contribution < -0.4 is 10.5 Å². The molecule has 0 aliphatic rings. The van der Waals surface area contributed by atoms with Gasteiger partial charge in [0.05, 0.1) is 0 Å². The number of nitrogens with one attached hydrogen (secondary N) is 1. The molecule has 0 bridgehead atoms. The Labute approximate surface area is 248 Å². The Bertz CT molecular complexity index is 1780. The summed E-state index contributed by atoms with van der Waals surface area (Å²) < 4.78 is 0. The third kappa shape index (κ3) is 6.21. The van der Waals surface area contributed by atoms with Gasteiger partial charge >= 0.3 is 0 Å². The van der Waals surface area contributed by atoms with Gasteiger partial charge in [-0.25, -0.2) is 0 Å². The van der Waals surface area contributed by atoms with E-state index in [9.17, 15) is 4.79 Å². The third-order valence-corrected chi connectivity index (χ3v) is 7.59. The second-order valence-corrected chi connectivity index (χ2v) is 12.8. The number of nitrogens with zero attached hydrogens (tertiary/aromatic N) is 2. The largest absolute Gasteiger partial charge is 0.321 e. The van der Waals surface area contributed by atoms with E-state index in [1.54, 1.807) is 6.07 Å². The van der Waals surface area contributed by atoms with Crippen molar-refractivity contribution in [3.63, 3.8) is 0 Å². The summed E-state index contributed by atoms with van der Waals surface area (Å²) in [6.45, 7) is 13.4. The molecule has 0 radical (unpaired) electrons. The molecule has 1 heterocycles. The van der Waals surface area contributed by atoms with E-state index in [1.807, 2.05) is 30.3 Å². The van der Waals surface area contributed by atoms with Gasteiger partial charge in [-0.1, -0.05) is 102 Å². The molecule has 42 heavy (non-hydrogen) atoms. The number of fused-ring (bicyclic) bond motifs is 1. The van der Waals surface area contributed by atoms with Crippen molar-refractivity contribution in [3.05, 3.63) is 135 Å². The highest BCUT2D eigenvalue weighted by Gasteiger charge is 2.18. The summed E-state index contributed by atoms with van der Waals surface area (Å²) in [5, 5.41) is 9.95. The summed E-state index contributed by atoms with van der Waals surface area (Å²) in [5.41, 5.74) is 8.58. The molecule has 1 aromatic heterocycles. The van der Waals surface area contributed by atoms with Gasteiger partial charge in [0.1, 0.15) is 11.6 Å². The predicted molar refractivity (Wildman–Crippen MR) is 177 cm³/mol. The lowest BCUT2D eigenvalue weighted by Gasteiger charge is -2.28. The Morgan fingerprint density at radius 2 is 1.10 bits per heavy atom. The molecule has 210 valence electrons. The minimum atomic E-state index is -0.368. The van der Waals surface area contributed by atoms with Crippen molar-refractivity contribution >= 4 is 40.1 Å². The van der Waals surface area contributed by atoms with Crippen molar-refractivity contribution < 1.29 is 0 Å². The van der Waals surface area contributed by atoms with E-state index in [2.05, 4.69) is 130 Å². The molecule has 0 saturated heterocycles. The summed E-state index contributed by atoms with van der Waals surface area (Å²) in [5.74, 6) is 0. The molecule has 1 N–H and O–H groups in total. The van der Waals surface area contributed by atoms with Crippen LogP contribution in [0, 0.1) is 11.3 Å². The van der Waals surface area contributed by atoms with E-state index in [1.165, 1.54) is 11.1 Å². The summed E-state index contributed by atoms with van der Waals surface area (Å²) in [6, 6.07) is 35.6. The van der Waals surface area contributed by atoms with Gasteiger partial charge in [-0.3, -0.25) is 4.79 Å². The Balaban J connectivity index is 1.45. The third-order valence-electron chi connectivity index (χ3n) is 7.59. The van der Waals surface area contributed by atoms with E-state index in [-0.39, 0.29) is 22.0 Å². The number of anilines is 3. The van der Waals surface area contributed by atoms with Gasteiger partial charge in [-0.05, 0) is 87.0 Å². The minimum absolute atomic E-state index is 0.0889. The lowest BCUT2D eigenvalue weighted by Crippen LogP contribution is -2.14. The number of aromatic nitrogens is 1. The lowest BCUT2D eigenvalue weighted by atomic mass is 9.86. The number of pyridine rings is 1. The van der Waals surface area contributed by atoms with Crippen molar-refractivity contribution in [3.8, 4) is 6.07 Å². The first-order valence-electron chi connectivity index (χ1n) is 14.3. The van der Waals surface area contributed by atoms with Gasteiger partial charge in [0.25, 0.3) is 5.56 Å². The van der Waals surface area contributed by atoms with Gasteiger partial charge in [0, 0.05) is 22.6 Å². The standard InChI is InChI=1S/C38H37N3O/c1-37(2,3)30-13-19-33(20-14-30)41(34-21-15-31(16-22-34)38(4,5)6)32-17-10-26(11-18-32)7-8-27-9-12-28-24-29(25-39)36(42)40-35(28)23-27/h7-24H,1-6H3,(H,40,42)/b8-7+. The zero-order chi connectivity index (χ0) is 30.1. The highest BCUT2D eigenvalue weighted by Crippen LogP contribution is 2.37. The minimum Gasteiger partial charge on any atom is -0.321 e. The molecule has 0 amide bonds. The predicted octanol–water partition coefficient (Wildman–Crippen LogP) is 9.63. The first-order chi connectivity index (χ1) is 19.9. The first kappa shape index (κ1) is 28.6. The molecule has 0 spiro atoms. The van der Waals surface area contributed by atoms with Crippen LogP contribution in [0.15, 0.2) is 102 Å². The average Bonchev–Trinajstić information content (AvgIpc) is 2.96. The topological polar surface area (TPSA) is 59.9 Å². The zero-order valence-electron chi connectivity index (χ0n) is 25.2. The summed E-state index contributed by atoms with van der Waals surface area (Å²) >= 11 is 0. The monoisotopic (exact) mass is 551 g/mol. The van der Waals surface area contributed by atoms with Crippen LogP contribution in [0.25, 0.3) is 23.1 Å². The number of hydrogen-bond donors (Lipinski definition) is 1. The molecule has 0 aliphatic heterocycles. The molecule has 4 aromatic carbocycles. The smallest absolute Gasteiger partial charge is 0.266 e. The van der Waals surface area contributed by atoms with Crippen molar-refractivity contribution in [1.29, 1.82) is 5.26 Å². The number of H-pyrrole nitrogens is 1. The van der Waals surface area contributed by atoms with Crippen LogP contribution in [0.1, 0.15) is 69.4 Å². The highest BCUT2D eigenvalue weighted by molar-refractivity contribution is 5.84. The molecule has 0 fully saturated rings. The lowest BCUT2D eigenvalue weighted by molar-refractivity contribution is 0.590. The number of hydrogen-bond acceptors (Lipinski definition) is 3. The maximum Gasteiger partial charge on any atom is 0.266 e. The van der Waals surface area contributed by atoms with E-state index in [0.29, 0.717) is 5.52 Å². The summed E-state index contributed by atoms with van der Waals surface area (Å²) in [6.07, 6.45) is 4.09. The Kier molecular flexibility index (Phi) is 7.63. The number of nitriles is 1. The summed E-state index contributed by atoms with van der Waals surface area (Å²) in [4.78, 5) is 17.2. The zero-order valence-corrected chi connectivity index (χ0v) is 25.2. The quantitative estimate of drug-likeness (QED) is 0.221. The SMILES string of the molecule is CC(C)(C)c1ccc(N(c2ccc(/C=C/c3ccc4cc(C#N)c(=O)[nH]c4c3)cc2)c2ccc(C(C)(C)C)cc2)cc1. The van der Waals surface area contributed by atoms with Gasteiger partial charge in [0.2, 0.25) is 0 Å². The van der Waals surface area contributed by atoms with Crippen LogP contribution in [0.2, 0.25) is 0 Å². The Morgan fingerprint density at radius 1 is 0.643 bits per heavy atom. The van der Waals surface area contributed by atoms with Gasteiger partial charge in [0.15, 0.2) is 0 Å². The van der Waals surface area contributed by atoms with E-state index in [4.69, 9.17) is 5.26 Å². The maximum absolute atomic E-state index is 12.1. The van der Waals surface area contributed by atoms with Crippen LogP contribution in [0.3, 0.4) is 0 Å². The second-order valence-electron chi connectivity index (χ2n) is 12.8. The average molecular weight is 552 g/mol. The molecule has 4 heteroatoms. The molecule has 5 aromatic rings. The molecule has 4 nitrogen and oxygen atoms in total. The van der Waals surface area contributed by atoms with E-state index < -0.39 is 0 Å². The number of aromatic amines is 1. The van der Waals surface area contributed by atoms with Gasteiger partial charge in [-0.2, -0.15) is 5.26 Å². The van der Waals surface area contributed by atoms with Gasteiger partial charge in [-0.15, -0.1) is 0 Å². The molecule has 0 saturated carbocycles. The Morgan fingerprint density at radius 3 is 1.57 bits per heavy atom. The molecular formula is C38H37N3O. The van der Waals surface area contributed by atoms with E-state index >= 15 is 0 Å². The fourth-order valence-corrected chi connectivity index (χ4v) is 5.00. The second kappa shape index (κ2) is 11.2. The maximum atomic E-state index is 12.1. The first-order valence-corrected chi connectivity index (χ1v) is 14.3. The van der Waals surface area contributed by atoms with Crippen molar-refractivity contribution in [2.24, 2.45) is 0 Å². The van der Waals surface area contributed by atoms with Crippen molar-refractivity contribution in [1.82, 2.24) is 4.98 Å². The van der Waals surface area contributed by atoms with Crippen molar-refractivity contribution in [2.75, 3.05) is 4.90 Å². The molecule has 0 atom stereocenters. The number of benzene rings is 4. The van der Waals surface area contributed by atoms with Crippen molar-refractivity contribution in [2.45, 2.75) is 52.4 Å².